The molecule has 3 rings (SSSR count). The van der Waals surface area contributed by atoms with Gasteiger partial charge in [-0.3, -0.25) is 19.7 Å². The lowest BCUT2D eigenvalue weighted by molar-refractivity contribution is -0.384. The molecule has 0 spiro atoms. The van der Waals surface area contributed by atoms with Crippen LogP contribution in [-0.2, 0) is 11.3 Å². The molecule has 0 bridgehead atoms. The van der Waals surface area contributed by atoms with Crippen LogP contribution in [0.15, 0.2) is 47.3 Å². The number of nitro benzene ring substituents is 1. The quantitative estimate of drug-likeness (QED) is 0.538. The second-order valence-corrected chi connectivity index (χ2v) is 5.88. The van der Waals surface area contributed by atoms with Gasteiger partial charge in [0.1, 0.15) is 6.54 Å². The van der Waals surface area contributed by atoms with Gasteiger partial charge in [-0.25, -0.2) is 9.36 Å². The monoisotopic (exact) mass is 368 g/mol. The lowest BCUT2D eigenvalue weighted by Crippen LogP contribution is -2.30. The number of hydrogen-bond donors (Lipinski definition) is 1. The maximum Gasteiger partial charge on any atom is 0.269 e. The predicted octanol–water partition coefficient (Wildman–Crippen LogP) is 1.59. The molecule has 10 nitrogen and oxygen atoms in total. The molecule has 0 unspecified atom stereocenters. The Hall–Kier alpha value is -3.82. The number of benzene rings is 1. The third-order valence-corrected chi connectivity index (χ3v) is 3.73. The number of carbonyl (C=O) groups excluding carboxylic acids is 1. The van der Waals surface area contributed by atoms with Gasteiger partial charge in [-0.05, 0) is 38.1 Å². The van der Waals surface area contributed by atoms with Crippen LogP contribution in [0.25, 0.3) is 5.82 Å². The second kappa shape index (κ2) is 7.20. The third-order valence-electron chi connectivity index (χ3n) is 3.73. The molecule has 0 saturated heterocycles. The molecule has 0 aliphatic heterocycles. The number of amides is 1. The highest BCUT2D eigenvalue weighted by atomic mass is 16.6. The molecule has 2 aromatic heterocycles. The van der Waals surface area contributed by atoms with Crippen LogP contribution >= 0.6 is 0 Å². The molecule has 0 aliphatic rings. The van der Waals surface area contributed by atoms with E-state index in [9.17, 15) is 19.7 Å². The summed E-state index contributed by atoms with van der Waals surface area (Å²) in [6.07, 6.45) is 0. The molecule has 0 radical (unpaired) electrons. The van der Waals surface area contributed by atoms with Crippen molar-refractivity contribution in [2.24, 2.45) is 0 Å². The first-order valence-electron chi connectivity index (χ1n) is 7.99. The number of aromatic nitrogens is 4. The summed E-state index contributed by atoms with van der Waals surface area (Å²) in [4.78, 5) is 34.3. The Balaban J connectivity index is 1.77. The topological polar surface area (TPSA) is 125 Å². The number of aryl methyl sites for hydroxylation is 2. The molecule has 138 valence electrons. The minimum Gasteiger partial charge on any atom is -0.324 e. The lowest BCUT2D eigenvalue weighted by atomic mass is 10.3. The van der Waals surface area contributed by atoms with Crippen LogP contribution in [0.5, 0.6) is 0 Å². The van der Waals surface area contributed by atoms with E-state index in [0.29, 0.717) is 11.5 Å². The Morgan fingerprint density at radius 1 is 1.15 bits per heavy atom. The zero-order valence-corrected chi connectivity index (χ0v) is 14.6. The van der Waals surface area contributed by atoms with Crippen molar-refractivity contribution in [2.45, 2.75) is 20.4 Å². The average Bonchev–Trinajstić information content (AvgIpc) is 2.95. The Morgan fingerprint density at radius 3 is 2.44 bits per heavy atom. The van der Waals surface area contributed by atoms with Crippen molar-refractivity contribution in [3.05, 3.63) is 74.3 Å². The molecule has 0 fully saturated rings. The van der Waals surface area contributed by atoms with Crippen LogP contribution < -0.4 is 10.9 Å². The average molecular weight is 368 g/mol. The van der Waals surface area contributed by atoms with Gasteiger partial charge >= 0.3 is 0 Å². The fraction of sp³-hybridized carbons (Fsp3) is 0.176. The van der Waals surface area contributed by atoms with Crippen molar-refractivity contribution in [3.8, 4) is 5.82 Å². The van der Waals surface area contributed by atoms with E-state index in [-0.39, 0.29) is 12.2 Å². The lowest BCUT2D eigenvalue weighted by Gasteiger charge is -2.09. The minimum atomic E-state index is -0.528. The van der Waals surface area contributed by atoms with Crippen molar-refractivity contribution in [1.29, 1.82) is 0 Å². The van der Waals surface area contributed by atoms with Crippen LogP contribution in [-0.4, -0.2) is 30.4 Å². The smallest absolute Gasteiger partial charge is 0.269 e. The van der Waals surface area contributed by atoms with Gasteiger partial charge in [0.2, 0.25) is 5.91 Å². The number of rotatable bonds is 5. The standard InChI is InChI=1S/C17H16N6O4/c1-11-9-12(2)22(19-11)15-7-8-17(25)21(20-15)10-16(24)18-13-3-5-14(6-4-13)23(26)27/h3-9H,10H2,1-2H3,(H,18,24). The molecule has 1 amide bonds. The first-order valence-corrected chi connectivity index (χ1v) is 7.99. The van der Waals surface area contributed by atoms with Crippen LogP contribution in [0.1, 0.15) is 11.4 Å². The number of carbonyl (C=O) groups is 1. The van der Waals surface area contributed by atoms with Crippen LogP contribution in [0, 0.1) is 24.0 Å². The highest BCUT2D eigenvalue weighted by molar-refractivity contribution is 5.90. The molecule has 10 heteroatoms. The molecule has 0 aliphatic carbocycles. The maximum atomic E-state index is 12.2. The summed E-state index contributed by atoms with van der Waals surface area (Å²) in [6, 6.07) is 10.1. The molecule has 1 aromatic carbocycles. The van der Waals surface area contributed by atoms with Crippen LogP contribution in [0.4, 0.5) is 11.4 Å². The van der Waals surface area contributed by atoms with Gasteiger partial charge in [0.15, 0.2) is 5.82 Å². The number of hydrogen-bond acceptors (Lipinski definition) is 6. The maximum absolute atomic E-state index is 12.2. The highest BCUT2D eigenvalue weighted by Crippen LogP contribution is 2.15. The van der Waals surface area contributed by atoms with Gasteiger partial charge in [-0.15, -0.1) is 5.10 Å². The fourth-order valence-electron chi connectivity index (χ4n) is 2.53. The largest absolute Gasteiger partial charge is 0.324 e. The van der Waals surface area contributed by atoms with E-state index in [1.165, 1.54) is 36.4 Å². The Morgan fingerprint density at radius 2 is 1.85 bits per heavy atom. The molecule has 27 heavy (non-hydrogen) atoms. The predicted molar refractivity (Wildman–Crippen MR) is 96.8 cm³/mol. The van der Waals surface area contributed by atoms with Crippen molar-refractivity contribution < 1.29 is 9.72 Å². The summed E-state index contributed by atoms with van der Waals surface area (Å²) < 4.78 is 2.62. The van der Waals surface area contributed by atoms with Gasteiger partial charge in [0.05, 0.1) is 10.6 Å². The second-order valence-electron chi connectivity index (χ2n) is 5.88. The normalized spacial score (nSPS) is 10.6. The number of anilines is 1. The summed E-state index contributed by atoms with van der Waals surface area (Å²) in [5, 5.41) is 21.7. The Bertz CT molecular complexity index is 1070. The molecule has 1 N–H and O–H groups in total. The van der Waals surface area contributed by atoms with Gasteiger partial charge in [0.25, 0.3) is 11.2 Å². The first kappa shape index (κ1) is 18.0. The fourth-order valence-corrected chi connectivity index (χ4v) is 2.53. The van der Waals surface area contributed by atoms with E-state index in [4.69, 9.17) is 0 Å². The minimum absolute atomic E-state index is 0.0801. The number of nitro groups is 1. The van der Waals surface area contributed by atoms with Crippen molar-refractivity contribution in [1.82, 2.24) is 19.6 Å². The zero-order chi connectivity index (χ0) is 19.6. The number of nitrogens with one attached hydrogen (secondary N) is 1. The molecule has 0 saturated carbocycles. The third kappa shape index (κ3) is 4.06. The van der Waals surface area contributed by atoms with Crippen molar-refractivity contribution in [3.63, 3.8) is 0 Å². The van der Waals surface area contributed by atoms with Crippen molar-refractivity contribution >= 4 is 17.3 Å². The Kier molecular flexibility index (Phi) is 4.79. The van der Waals surface area contributed by atoms with E-state index in [0.717, 1.165) is 16.1 Å². The summed E-state index contributed by atoms with van der Waals surface area (Å²) in [7, 11) is 0. The van der Waals surface area contributed by atoms with Crippen molar-refractivity contribution in [2.75, 3.05) is 5.32 Å². The van der Waals surface area contributed by atoms with Crippen LogP contribution in [0.3, 0.4) is 0 Å². The molecular weight excluding hydrogens is 352 g/mol. The summed E-state index contributed by atoms with van der Waals surface area (Å²) in [5.74, 6) is -0.0627. The van der Waals surface area contributed by atoms with E-state index in [1.54, 1.807) is 4.68 Å². The molecule has 2 heterocycles. The summed E-state index contributed by atoms with van der Waals surface area (Å²) in [6.45, 7) is 3.40. The highest BCUT2D eigenvalue weighted by Gasteiger charge is 2.11. The Labute approximate surface area is 153 Å². The van der Waals surface area contributed by atoms with Gasteiger partial charge in [-0.1, -0.05) is 0 Å². The first-order chi connectivity index (χ1) is 12.8. The number of non-ortho nitro benzene ring substituents is 1. The van der Waals surface area contributed by atoms with Gasteiger partial charge < -0.3 is 5.32 Å². The molecular formula is C17H16N6O4. The molecule has 3 aromatic rings. The zero-order valence-electron chi connectivity index (χ0n) is 14.6. The summed E-state index contributed by atoms with van der Waals surface area (Å²) in [5.41, 5.74) is 1.53. The SMILES string of the molecule is Cc1cc(C)n(-c2ccc(=O)n(CC(=O)Nc3ccc([N+](=O)[O-])cc3)n2)n1. The van der Waals surface area contributed by atoms with E-state index < -0.39 is 16.4 Å². The van der Waals surface area contributed by atoms with E-state index in [1.807, 2.05) is 19.9 Å². The number of nitrogens with zero attached hydrogens (tertiary/aromatic N) is 5. The van der Waals surface area contributed by atoms with Gasteiger partial charge in [-0.2, -0.15) is 5.10 Å². The van der Waals surface area contributed by atoms with Crippen LogP contribution in [0.2, 0.25) is 0 Å². The van der Waals surface area contributed by atoms with Gasteiger partial charge in [0, 0.05) is 29.6 Å². The molecule has 0 atom stereocenters. The van der Waals surface area contributed by atoms with E-state index in [2.05, 4.69) is 15.5 Å². The summed E-state index contributed by atoms with van der Waals surface area (Å²) >= 11 is 0. The van der Waals surface area contributed by atoms with E-state index >= 15 is 0 Å².